The van der Waals surface area contributed by atoms with Crippen molar-refractivity contribution >= 4 is 23.2 Å². The van der Waals surface area contributed by atoms with Crippen LogP contribution in [0.3, 0.4) is 0 Å². The number of thiazole rings is 1. The molecule has 6 nitrogen and oxygen atoms in total. The van der Waals surface area contributed by atoms with Crippen molar-refractivity contribution in [2.45, 2.75) is 19.3 Å². The number of guanidine groups is 1. The van der Waals surface area contributed by atoms with Crippen LogP contribution in [0.2, 0.25) is 0 Å². The van der Waals surface area contributed by atoms with Crippen molar-refractivity contribution in [1.29, 1.82) is 0 Å². The van der Waals surface area contributed by atoms with E-state index in [1.165, 1.54) is 5.56 Å². The van der Waals surface area contributed by atoms with Gasteiger partial charge < -0.3 is 15.5 Å². The Bertz CT molecular complexity index is 685. The van der Waals surface area contributed by atoms with Gasteiger partial charge in [-0.15, -0.1) is 11.3 Å². The fraction of sp³-hybridized carbons (Fsp3) is 0.421. The number of likely N-dealkylation sites (N-methyl/N-ethyl adjacent to an activating group) is 1. The minimum atomic E-state index is -0.0258. The number of carbonyl (C=O) groups is 1. The Morgan fingerprint density at radius 1 is 1.27 bits per heavy atom. The zero-order chi connectivity index (χ0) is 18.8. The summed E-state index contributed by atoms with van der Waals surface area (Å²) in [4.78, 5) is 22.1. The van der Waals surface area contributed by atoms with Crippen LogP contribution in [0.5, 0.6) is 0 Å². The van der Waals surface area contributed by atoms with Crippen LogP contribution in [-0.4, -0.2) is 55.5 Å². The number of rotatable bonds is 8. The minimum Gasteiger partial charge on any atom is -0.356 e. The third kappa shape index (κ3) is 6.84. The minimum absolute atomic E-state index is 0.0258. The first kappa shape index (κ1) is 19.9. The lowest BCUT2D eigenvalue weighted by atomic mass is 10.1. The smallest absolute Gasteiger partial charge is 0.243 e. The summed E-state index contributed by atoms with van der Waals surface area (Å²) in [5.41, 5.74) is 1.26. The SMILES string of the molecule is CC(CNC(=NCC(=O)N(C)C)NCCc1ccccc1)c1nccs1. The molecule has 0 radical (unpaired) electrons. The first-order valence-corrected chi connectivity index (χ1v) is 9.60. The van der Waals surface area contributed by atoms with Gasteiger partial charge in [0.25, 0.3) is 0 Å². The summed E-state index contributed by atoms with van der Waals surface area (Å²) < 4.78 is 0. The number of benzene rings is 1. The molecule has 2 rings (SSSR count). The highest BCUT2D eigenvalue weighted by Gasteiger charge is 2.10. The molecule has 1 heterocycles. The second-order valence-corrected chi connectivity index (χ2v) is 7.19. The van der Waals surface area contributed by atoms with Crippen LogP contribution in [0.25, 0.3) is 0 Å². The third-order valence-electron chi connectivity index (χ3n) is 3.87. The first-order valence-electron chi connectivity index (χ1n) is 8.72. The molecule has 0 saturated carbocycles. The number of hydrogen-bond acceptors (Lipinski definition) is 4. The normalized spacial score (nSPS) is 12.5. The fourth-order valence-corrected chi connectivity index (χ4v) is 2.95. The molecule has 0 bridgehead atoms. The van der Waals surface area contributed by atoms with Gasteiger partial charge in [-0.1, -0.05) is 37.3 Å². The largest absolute Gasteiger partial charge is 0.356 e. The van der Waals surface area contributed by atoms with Crippen molar-refractivity contribution in [3.8, 4) is 0 Å². The molecule has 26 heavy (non-hydrogen) atoms. The summed E-state index contributed by atoms with van der Waals surface area (Å²) in [6, 6.07) is 10.3. The highest BCUT2D eigenvalue weighted by atomic mass is 32.1. The summed E-state index contributed by atoms with van der Waals surface area (Å²) in [7, 11) is 3.47. The summed E-state index contributed by atoms with van der Waals surface area (Å²) in [5.74, 6) is 0.905. The highest BCUT2D eigenvalue weighted by Crippen LogP contribution is 2.16. The van der Waals surface area contributed by atoms with Gasteiger partial charge in [-0.25, -0.2) is 9.98 Å². The number of nitrogens with zero attached hydrogens (tertiary/aromatic N) is 3. The van der Waals surface area contributed by atoms with E-state index in [2.05, 4.69) is 39.7 Å². The average molecular weight is 374 g/mol. The van der Waals surface area contributed by atoms with E-state index < -0.39 is 0 Å². The molecule has 2 aromatic rings. The van der Waals surface area contributed by atoms with E-state index in [1.54, 1.807) is 30.3 Å². The Morgan fingerprint density at radius 3 is 2.69 bits per heavy atom. The Morgan fingerprint density at radius 2 is 2.04 bits per heavy atom. The molecule has 0 saturated heterocycles. The van der Waals surface area contributed by atoms with Crippen LogP contribution in [0, 0.1) is 0 Å². The van der Waals surface area contributed by atoms with Gasteiger partial charge >= 0.3 is 0 Å². The Hall–Kier alpha value is -2.41. The van der Waals surface area contributed by atoms with Gasteiger partial charge in [-0.3, -0.25) is 4.79 Å². The summed E-state index contributed by atoms with van der Waals surface area (Å²) >= 11 is 1.65. The van der Waals surface area contributed by atoms with Gasteiger partial charge in [0, 0.05) is 44.7 Å². The second kappa shape index (κ2) is 10.6. The molecule has 1 aromatic carbocycles. The quantitative estimate of drug-likeness (QED) is 0.549. The number of nitrogens with one attached hydrogen (secondary N) is 2. The maximum absolute atomic E-state index is 11.8. The number of aromatic nitrogens is 1. The van der Waals surface area contributed by atoms with Crippen LogP contribution in [0.1, 0.15) is 23.4 Å². The molecular formula is C19H27N5OS. The lowest BCUT2D eigenvalue weighted by molar-refractivity contribution is -0.127. The van der Waals surface area contributed by atoms with Crippen molar-refractivity contribution in [1.82, 2.24) is 20.5 Å². The predicted octanol–water partition coefficient (Wildman–Crippen LogP) is 2.11. The van der Waals surface area contributed by atoms with Crippen LogP contribution in [0.4, 0.5) is 0 Å². The van der Waals surface area contributed by atoms with E-state index in [4.69, 9.17) is 0 Å². The Kier molecular flexibility index (Phi) is 8.08. The highest BCUT2D eigenvalue weighted by molar-refractivity contribution is 7.09. The monoisotopic (exact) mass is 373 g/mol. The second-order valence-electron chi connectivity index (χ2n) is 6.27. The van der Waals surface area contributed by atoms with Gasteiger partial charge in [0.2, 0.25) is 5.91 Å². The van der Waals surface area contributed by atoms with Gasteiger partial charge in [0.15, 0.2) is 5.96 Å². The van der Waals surface area contributed by atoms with Crippen LogP contribution >= 0.6 is 11.3 Å². The topological polar surface area (TPSA) is 69.6 Å². The van der Waals surface area contributed by atoms with Gasteiger partial charge in [-0.05, 0) is 12.0 Å². The zero-order valence-corrected chi connectivity index (χ0v) is 16.4. The van der Waals surface area contributed by atoms with Gasteiger partial charge in [0.05, 0.1) is 5.01 Å². The molecule has 1 aromatic heterocycles. The molecule has 0 aliphatic heterocycles. The van der Waals surface area contributed by atoms with Gasteiger partial charge in [0.1, 0.15) is 6.54 Å². The van der Waals surface area contributed by atoms with E-state index in [9.17, 15) is 4.79 Å². The van der Waals surface area contributed by atoms with E-state index in [1.807, 2.05) is 29.8 Å². The molecule has 0 aliphatic rings. The van der Waals surface area contributed by atoms with E-state index >= 15 is 0 Å². The van der Waals surface area contributed by atoms with Crippen molar-refractivity contribution in [3.63, 3.8) is 0 Å². The number of hydrogen-bond donors (Lipinski definition) is 2. The molecule has 140 valence electrons. The van der Waals surface area contributed by atoms with Gasteiger partial charge in [-0.2, -0.15) is 0 Å². The van der Waals surface area contributed by atoms with E-state index in [-0.39, 0.29) is 18.4 Å². The molecule has 0 fully saturated rings. The number of carbonyl (C=O) groups excluding carboxylic acids is 1. The van der Waals surface area contributed by atoms with Crippen LogP contribution in [-0.2, 0) is 11.2 Å². The molecule has 1 unspecified atom stereocenters. The Labute approximate surface area is 159 Å². The summed E-state index contributed by atoms with van der Waals surface area (Å²) in [6.07, 6.45) is 2.71. The summed E-state index contributed by atoms with van der Waals surface area (Å²) in [6.45, 7) is 3.70. The lowest BCUT2D eigenvalue weighted by Gasteiger charge is -2.16. The zero-order valence-electron chi connectivity index (χ0n) is 15.6. The lowest BCUT2D eigenvalue weighted by Crippen LogP contribution is -2.41. The van der Waals surface area contributed by atoms with E-state index in [0.717, 1.165) is 18.0 Å². The van der Waals surface area contributed by atoms with E-state index in [0.29, 0.717) is 12.5 Å². The first-order chi connectivity index (χ1) is 12.6. The average Bonchev–Trinajstić information content (AvgIpc) is 3.18. The van der Waals surface area contributed by atoms with Crippen molar-refractivity contribution < 1.29 is 4.79 Å². The van der Waals surface area contributed by atoms with Crippen molar-refractivity contribution in [2.24, 2.45) is 4.99 Å². The third-order valence-corrected chi connectivity index (χ3v) is 4.88. The molecule has 7 heteroatoms. The standard InChI is InChI=1S/C19H27N5OS/c1-15(18-20-11-12-26-18)13-22-19(23-14-17(25)24(2)3)21-10-9-16-7-5-4-6-8-16/h4-8,11-12,15H,9-10,13-14H2,1-3H3,(H2,21,22,23). The number of aliphatic imine (C=N–C) groups is 1. The maximum atomic E-state index is 11.8. The number of amides is 1. The molecule has 2 N–H and O–H groups in total. The molecule has 1 amide bonds. The molecule has 0 aliphatic carbocycles. The molecular weight excluding hydrogens is 346 g/mol. The molecule has 0 spiro atoms. The fourth-order valence-electron chi connectivity index (χ4n) is 2.25. The molecule has 1 atom stereocenters. The van der Waals surface area contributed by atoms with Crippen LogP contribution in [0.15, 0.2) is 46.9 Å². The maximum Gasteiger partial charge on any atom is 0.243 e. The predicted molar refractivity (Wildman–Crippen MR) is 108 cm³/mol. The summed E-state index contributed by atoms with van der Waals surface area (Å²) in [5, 5.41) is 9.71. The van der Waals surface area contributed by atoms with Crippen molar-refractivity contribution in [3.05, 3.63) is 52.5 Å². The van der Waals surface area contributed by atoms with Crippen molar-refractivity contribution in [2.75, 3.05) is 33.7 Å². The van der Waals surface area contributed by atoms with Crippen LogP contribution < -0.4 is 10.6 Å². The Balaban J connectivity index is 1.89.